The summed E-state index contributed by atoms with van der Waals surface area (Å²) in [6.45, 7) is 5.46. The van der Waals surface area contributed by atoms with E-state index in [2.05, 4.69) is 0 Å². The van der Waals surface area contributed by atoms with Crippen LogP contribution in [0.1, 0.15) is 26.7 Å². The highest BCUT2D eigenvalue weighted by molar-refractivity contribution is 5.77. The van der Waals surface area contributed by atoms with Gasteiger partial charge in [-0.15, -0.1) is 0 Å². The number of carbonyl (C=O) groups is 2. The molecule has 3 heteroatoms. The van der Waals surface area contributed by atoms with E-state index in [1.807, 2.05) is 13.8 Å². The van der Waals surface area contributed by atoms with Gasteiger partial charge in [-0.3, -0.25) is 4.79 Å². The third-order valence-corrected chi connectivity index (χ3v) is 2.35. The predicted octanol–water partition coefficient (Wildman–Crippen LogP) is 1.08. The summed E-state index contributed by atoms with van der Waals surface area (Å²) in [5, 5.41) is 0. The number of nitrogens with zero attached hydrogens (tertiary/aromatic N) is 1. The monoisotopic (exact) mass is 183 g/mol. The maximum absolute atomic E-state index is 11.5. The third-order valence-electron chi connectivity index (χ3n) is 2.35. The maximum Gasteiger partial charge on any atom is 0.222 e. The first-order valence-electron chi connectivity index (χ1n) is 4.86. The maximum atomic E-state index is 11.5. The fourth-order valence-electron chi connectivity index (χ4n) is 1.60. The molecule has 0 aliphatic carbocycles. The van der Waals surface area contributed by atoms with Crippen molar-refractivity contribution in [3.05, 3.63) is 0 Å². The van der Waals surface area contributed by atoms with E-state index in [0.717, 1.165) is 19.3 Å². The third kappa shape index (κ3) is 2.83. The highest BCUT2D eigenvalue weighted by Crippen LogP contribution is 2.16. The lowest BCUT2D eigenvalue weighted by atomic mass is 10.1. The predicted molar refractivity (Wildman–Crippen MR) is 50.2 cm³/mol. The molecule has 0 radical (unpaired) electrons. The zero-order chi connectivity index (χ0) is 9.84. The number of rotatable bonds is 3. The van der Waals surface area contributed by atoms with Crippen LogP contribution >= 0.6 is 0 Å². The molecular weight excluding hydrogens is 166 g/mol. The molecule has 0 saturated carbocycles. The molecule has 0 bridgehead atoms. The van der Waals surface area contributed by atoms with Crippen molar-refractivity contribution in [1.82, 2.24) is 4.90 Å². The van der Waals surface area contributed by atoms with Gasteiger partial charge in [0.2, 0.25) is 5.91 Å². The van der Waals surface area contributed by atoms with E-state index in [4.69, 9.17) is 0 Å². The first kappa shape index (κ1) is 10.2. The Morgan fingerprint density at radius 1 is 1.62 bits per heavy atom. The second-order valence-electron chi connectivity index (χ2n) is 4.12. The van der Waals surface area contributed by atoms with Gasteiger partial charge in [-0.25, -0.2) is 0 Å². The van der Waals surface area contributed by atoms with Gasteiger partial charge in [0.05, 0.1) is 0 Å². The second kappa shape index (κ2) is 4.40. The van der Waals surface area contributed by atoms with E-state index < -0.39 is 0 Å². The molecule has 0 aromatic heterocycles. The summed E-state index contributed by atoms with van der Waals surface area (Å²) in [6.07, 6.45) is 2.40. The summed E-state index contributed by atoms with van der Waals surface area (Å²) in [5.74, 6) is 0.679. The van der Waals surface area contributed by atoms with Crippen LogP contribution in [0.15, 0.2) is 0 Å². The van der Waals surface area contributed by atoms with Crippen molar-refractivity contribution < 1.29 is 9.59 Å². The van der Waals surface area contributed by atoms with Crippen LogP contribution in [0.25, 0.3) is 0 Å². The summed E-state index contributed by atoms with van der Waals surface area (Å²) in [4.78, 5) is 23.8. The first-order chi connectivity index (χ1) is 6.13. The number of amides is 1. The minimum Gasteiger partial charge on any atom is -0.342 e. The fraction of sp³-hybridized carbons (Fsp3) is 0.800. The average molecular weight is 183 g/mol. The molecule has 1 amide bonds. The fourth-order valence-corrected chi connectivity index (χ4v) is 1.60. The highest BCUT2D eigenvalue weighted by atomic mass is 16.2. The van der Waals surface area contributed by atoms with Crippen molar-refractivity contribution in [2.75, 3.05) is 13.1 Å². The Kier molecular flexibility index (Phi) is 3.46. The number of likely N-dealkylation sites (tertiary alicyclic amines) is 1. The molecule has 74 valence electrons. The van der Waals surface area contributed by atoms with Crippen molar-refractivity contribution in [3.63, 3.8) is 0 Å². The molecule has 13 heavy (non-hydrogen) atoms. The summed E-state index contributed by atoms with van der Waals surface area (Å²) in [5.41, 5.74) is 0. The molecule has 0 aromatic rings. The van der Waals surface area contributed by atoms with Crippen molar-refractivity contribution in [3.8, 4) is 0 Å². The number of aldehydes is 1. The molecule has 1 aliphatic rings. The summed E-state index contributed by atoms with van der Waals surface area (Å²) in [6, 6.07) is 0. The van der Waals surface area contributed by atoms with Crippen molar-refractivity contribution in [2.24, 2.45) is 11.8 Å². The number of hydrogen-bond donors (Lipinski definition) is 0. The van der Waals surface area contributed by atoms with E-state index in [9.17, 15) is 9.59 Å². The summed E-state index contributed by atoms with van der Waals surface area (Å²) in [7, 11) is 0. The van der Waals surface area contributed by atoms with Crippen LogP contribution in [0.5, 0.6) is 0 Å². The normalized spacial score (nSPS) is 22.4. The molecule has 1 fully saturated rings. The van der Waals surface area contributed by atoms with Gasteiger partial charge < -0.3 is 9.69 Å². The first-order valence-corrected chi connectivity index (χ1v) is 4.86. The van der Waals surface area contributed by atoms with E-state index in [1.54, 1.807) is 4.90 Å². The van der Waals surface area contributed by atoms with Crippen LogP contribution < -0.4 is 0 Å². The van der Waals surface area contributed by atoms with E-state index in [1.165, 1.54) is 0 Å². The zero-order valence-electron chi connectivity index (χ0n) is 8.32. The van der Waals surface area contributed by atoms with Crippen LogP contribution in [0.2, 0.25) is 0 Å². The van der Waals surface area contributed by atoms with Crippen molar-refractivity contribution >= 4 is 12.2 Å². The van der Waals surface area contributed by atoms with Gasteiger partial charge in [0.15, 0.2) is 0 Å². The molecule has 0 N–H and O–H groups in total. The van der Waals surface area contributed by atoms with Crippen LogP contribution in [0.4, 0.5) is 0 Å². The van der Waals surface area contributed by atoms with Gasteiger partial charge in [0.25, 0.3) is 0 Å². The van der Waals surface area contributed by atoms with Crippen LogP contribution in [0.3, 0.4) is 0 Å². The highest BCUT2D eigenvalue weighted by Gasteiger charge is 2.25. The standard InChI is InChI=1S/C10H17NO2/c1-8(2)5-10(13)11-4-3-9(6-11)7-12/h7-9H,3-6H2,1-2H3. The Hall–Kier alpha value is -0.860. The molecule has 3 nitrogen and oxygen atoms in total. The molecular formula is C10H17NO2. The van der Waals surface area contributed by atoms with Gasteiger partial charge in [0, 0.05) is 25.4 Å². The van der Waals surface area contributed by atoms with E-state index in [-0.39, 0.29) is 11.8 Å². The van der Waals surface area contributed by atoms with Crippen LogP contribution in [0, 0.1) is 11.8 Å². The Balaban J connectivity index is 2.37. The molecule has 1 unspecified atom stereocenters. The lowest BCUT2D eigenvalue weighted by Gasteiger charge is -2.16. The molecule has 1 heterocycles. The lowest BCUT2D eigenvalue weighted by Crippen LogP contribution is -2.29. The Morgan fingerprint density at radius 2 is 2.31 bits per heavy atom. The number of carbonyl (C=O) groups excluding carboxylic acids is 2. The Labute approximate surface area is 79.1 Å². The van der Waals surface area contributed by atoms with E-state index >= 15 is 0 Å². The van der Waals surface area contributed by atoms with Gasteiger partial charge in [-0.2, -0.15) is 0 Å². The van der Waals surface area contributed by atoms with Gasteiger partial charge in [0.1, 0.15) is 6.29 Å². The summed E-state index contributed by atoms with van der Waals surface area (Å²) < 4.78 is 0. The van der Waals surface area contributed by atoms with Crippen molar-refractivity contribution in [1.29, 1.82) is 0 Å². The average Bonchev–Trinajstić information content (AvgIpc) is 2.50. The molecule has 0 spiro atoms. The summed E-state index contributed by atoms with van der Waals surface area (Å²) >= 11 is 0. The molecule has 1 rings (SSSR count). The topological polar surface area (TPSA) is 37.4 Å². The zero-order valence-corrected chi connectivity index (χ0v) is 8.32. The smallest absolute Gasteiger partial charge is 0.222 e. The lowest BCUT2D eigenvalue weighted by molar-refractivity contribution is -0.131. The van der Waals surface area contributed by atoms with Gasteiger partial charge >= 0.3 is 0 Å². The van der Waals surface area contributed by atoms with Crippen molar-refractivity contribution in [2.45, 2.75) is 26.7 Å². The number of hydrogen-bond acceptors (Lipinski definition) is 2. The molecule has 1 atom stereocenters. The largest absolute Gasteiger partial charge is 0.342 e. The minimum absolute atomic E-state index is 0.0797. The van der Waals surface area contributed by atoms with Gasteiger partial charge in [-0.1, -0.05) is 13.8 Å². The van der Waals surface area contributed by atoms with Crippen LogP contribution in [-0.4, -0.2) is 30.2 Å². The van der Waals surface area contributed by atoms with Crippen LogP contribution in [-0.2, 0) is 9.59 Å². The molecule has 1 aliphatic heterocycles. The minimum atomic E-state index is 0.0797. The second-order valence-corrected chi connectivity index (χ2v) is 4.12. The van der Waals surface area contributed by atoms with E-state index in [0.29, 0.717) is 18.9 Å². The molecule has 0 aromatic carbocycles. The quantitative estimate of drug-likeness (QED) is 0.614. The Morgan fingerprint density at radius 3 is 2.77 bits per heavy atom. The van der Waals surface area contributed by atoms with Gasteiger partial charge in [-0.05, 0) is 12.3 Å². The Bertz CT molecular complexity index is 201. The SMILES string of the molecule is CC(C)CC(=O)N1CCC(C=O)C1. The molecule has 1 saturated heterocycles.